The third-order valence-electron chi connectivity index (χ3n) is 2.72. The summed E-state index contributed by atoms with van der Waals surface area (Å²) in [5.74, 6) is -0.0144. The Morgan fingerprint density at radius 1 is 1.62 bits per heavy atom. The standard InChI is InChI=1S/C11H14ClN3O/c12-10-6-8(3-4-14-10)11(16)15-5-1-2-9(13)7-15/h3-4,6,9H,1-2,5,7,13H2. The third kappa shape index (κ3) is 2.51. The zero-order valence-corrected chi connectivity index (χ0v) is 9.65. The molecule has 0 saturated carbocycles. The van der Waals surface area contributed by atoms with Crippen LogP contribution in [0.3, 0.4) is 0 Å². The second kappa shape index (κ2) is 4.80. The molecule has 1 unspecified atom stereocenters. The van der Waals surface area contributed by atoms with Gasteiger partial charge in [0.15, 0.2) is 0 Å². The molecule has 1 amide bonds. The molecule has 16 heavy (non-hydrogen) atoms. The minimum Gasteiger partial charge on any atom is -0.337 e. The molecule has 2 rings (SSSR count). The van der Waals surface area contributed by atoms with Crippen LogP contribution in [0, 0.1) is 0 Å². The van der Waals surface area contributed by atoms with Gasteiger partial charge in [-0.1, -0.05) is 11.6 Å². The van der Waals surface area contributed by atoms with Crippen molar-refractivity contribution in [2.45, 2.75) is 18.9 Å². The minimum absolute atomic E-state index is 0.0144. The molecule has 1 saturated heterocycles. The quantitative estimate of drug-likeness (QED) is 0.752. The van der Waals surface area contributed by atoms with Gasteiger partial charge in [0.2, 0.25) is 0 Å². The summed E-state index contributed by atoms with van der Waals surface area (Å²) in [4.78, 5) is 17.7. The van der Waals surface area contributed by atoms with E-state index in [1.165, 1.54) is 0 Å². The van der Waals surface area contributed by atoms with Crippen molar-refractivity contribution in [3.63, 3.8) is 0 Å². The lowest BCUT2D eigenvalue weighted by Crippen LogP contribution is -2.45. The summed E-state index contributed by atoms with van der Waals surface area (Å²) >= 11 is 5.75. The number of hydrogen-bond acceptors (Lipinski definition) is 3. The summed E-state index contributed by atoms with van der Waals surface area (Å²) in [5.41, 5.74) is 6.42. The number of aromatic nitrogens is 1. The Morgan fingerprint density at radius 3 is 3.12 bits per heavy atom. The van der Waals surface area contributed by atoms with E-state index < -0.39 is 0 Å². The van der Waals surface area contributed by atoms with E-state index >= 15 is 0 Å². The van der Waals surface area contributed by atoms with Crippen LogP contribution in [-0.4, -0.2) is 34.9 Å². The largest absolute Gasteiger partial charge is 0.337 e. The maximum absolute atomic E-state index is 12.1. The first-order valence-corrected chi connectivity index (χ1v) is 5.71. The van der Waals surface area contributed by atoms with Gasteiger partial charge < -0.3 is 10.6 Å². The number of amides is 1. The molecule has 1 fully saturated rings. The number of halogens is 1. The lowest BCUT2D eigenvalue weighted by Gasteiger charge is -2.30. The van der Waals surface area contributed by atoms with Crippen molar-refractivity contribution in [2.24, 2.45) is 5.73 Å². The first kappa shape index (κ1) is 11.4. The highest BCUT2D eigenvalue weighted by Gasteiger charge is 2.22. The number of carbonyl (C=O) groups excluding carboxylic acids is 1. The van der Waals surface area contributed by atoms with Gasteiger partial charge >= 0.3 is 0 Å². The molecule has 1 aliphatic heterocycles. The molecular formula is C11H14ClN3O. The Labute approximate surface area is 99.4 Å². The van der Waals surface area contributed by atoms with Crippen LogP contribution in [0.5, 0.6) is 0 Å². The van der Waals surface area contributed by atoms with Gasteiger partial charge in [0.25, 0.3) is 5.91 Å². The Hall–Kier alpha value is -1.13. The van der Waals surface area contributed by atoms with Gasteiger partial charge in [-0.15, -0.1) is 0 Å². The second-order valence-corrected chi connectivity index (χ2v) is 4.41. The molecule has 1 aliphatic rings. The van der Waals surface area contributed by atoms with Gasteiger partial charge in [-0.3, -0.25) is 4.79 Å². The van der Waals surface area contributed by atoms with Gasteiger partial charge in [0, 0.05) is 30.9 Å². The van der Waals surface area contributed by atoms with E-state index in [1.54, 1.807) is 23.2 Å². The molecule has 0 bridgehead atoms. The van der Waals surface area contributed by atoms with E-state index in [0.29, 0.717) is 17.3 Å². The summed E-state index contributed by atoms with van der Waals surface area (Å²) in [6.07, 6.45) is 3.49. The molecule has 1 aromatic rings. The number of nitrogens with zero attached hydrogens (tertiary/aromatic N) is 2. The monoisotopic (exact) mass is 239 g/mol. The lowest BCUT2D eigenvalue weighted by atomic mass is 10.1. The smallest absolute Gasteiger partial charge is 0.254 e. The number of likely N-dealkylation sites (tertiary alicyclic amines) is 1. The summed E-state index contributed by atoms with van der Waals surface area (Å²) < 4.78 is 0. The number of pyridine rings is 1. The van der Waals surface area contributed by atoms with Crippen molar-refractivity contribution in [3.8, 4) is 0 Å². The molecule has 2 N–H and O–H groups in total. The number of carbonyl (C=O) groups is 1. The Balaban J connectivity index is 2.12. The number of rotatable bonds is 1. The maximum atomic E-state index is 12.1. The third-order valence-corrected chi connectivity index (χ3v) is 2.93. The van der Waals surface area contributed by atoms with E-state index in [4.69, 9.17) is 17.3 Å². The highest BCUT2D eigenvalue weighted by Crippen LogP contribution is 2.14. The van der Waals surface area contributed by atoms with Crippen LogP contribution in [0.25, 0.3) is 0 Å². The van der Waals surface area contributed by atoms with Crippen LogP contribution in [0.4, 0.5) is 0 Å². The van der Waals surface area contributed by atoms with Crippen LogP contribution >= 0.6 is 11.6 Å². The number of nitrogens with two attached hydrogens (primary N) is 1. The van der Waals surface area contributed by atoms with E-state index in [2.05, 4.69) is 4.98 Å². The zero-order chi connectivity index (χ0) is 11.5. The average Bonchev–Trinajstić information content (AvgIpc) is 2.28. The lowest BCUT2D eigenvalue weighted by molar-refractivity contribution is 0.0708. The molecular weight excluding hydrogens is 226 g/mol. The fourth-order valence-corrected chi connectivity index (χ4v) is 2.09. The van der Waals surface area contributed by atoms with Crippen LogP contribution in [0.2, 0.25) is 5.15 Å². The predicted molar refractivity (Wildman–Crippen MR) is 62.4 cm³/mol. The van der Waals surface area contributed by atoms with Gasteiger partial charge in [0.05, 0.1) is 0 Å². The Morgan fingerprint density at radius 2 is 2.44 bits per heavy atom. The van der Waals surface area contributed by atoms with E-state index in [0.717, 1.165) is 19.4 Å². The molecule has 1 aromatic heterocycles. The van der Waals surface area contributed by atoms with Crippen molar-refractivity contribution in [1.29, 1.82) is 0 Å². The van der Waals surface area contributed by atoms with Crippen molar-refractivity contribution in [1.82, 2.24) is 9.88 Å². The topological polar surface area (TPSA) is 59.2 Å². The first-order chi connectivity index (χ1) is 7.66. The molecule has 5 heteroatoms. The summed E-state index contributed by atoms with van der Waals surface area (Å²) in [5, 5.41) is 0.340. The highest BCUT2D eigenvalue weighted by molar-refractivity contribution is 6.29. The zero-order valence-electron chi connectivity index (χ0n) is 8.90. The molecule has 2 heterocycles. The highest BCUT2D eigenvalue weighted by atomic mass is 35.5. The molecule has 0 aliphatic carbocycles. The first-order valence-electron chi connectivity index (χ1n) is 5.33. The fraction of sp³-hybridized carbons (Fsp3) is 0.455. The van der Waals surface area contributed by atoms with E-state index in [1.807, 2.05) is 0 Å². The normalized spacial score (nSPS) is 20.9. The van der Waals surface area contributed by atoms with Crippen LogP contribution in [-0.2, 0) is 0 Å². The van der Waals surface area contributed by atoms with Gasteiger partial charge in [-0.05, 0) is 25.0 Å². The average molecular weight is 240 g/mol. The predicted octanol–water partition coefficient (Wildman–Crippen LogP) is 1.30. The van der Waals surface area contributed by atoms with Crippen molar-refractivity contribution < 1.29 is 4.79 Å². The Bertz CT molecular complexity index is 397. The Kier molecular flexibility index (Phi) is 3.41. The molecule has 0 radical (unpaired) electrons. The molecule has 4 nitrogen and oxygen atoms in total. The second-order valence-electron chi connectivity index (χ2n) is 4.02. The fourth-order valence-electron chi connectivity index (χ4n) is 1.91. The summed E-state index contributed by atoms with van der Waals surface area (Å²) in [7, 11) is 0. The molecule has 86 valence electrons. The van der Waals surface area contributed by atoms with Gasteiger partial charge in [-0.25, -0.2) is 4.98 Å². The van der Waals surface area contributed by atoms with Crippen molar-refractivity contribution in [3.05, 3.63) is 29.0 Å². The van der Waals surface area contributed by atoms with Crippen molar-refractivity contribution >= 4 is 17.5 Å². The van der Waals surface area contributed by atoms with Crippen LogP contribution in [0.1, 0.15) is 23.2 Å². The van der Waals surface area contributed by atoms with Crippen molar-refractivity contribution in [2.75, 3.05) is 13.1 Å². The van der Waals surface area contributed by atoms with Crippen LogP contribution in [0.15, 0.2) is 18.3 Å². The minimum atomic E-state index is -0.0144. The van der Waals surface area contributed by atoms with Gasteiger partial charge in [0.1, 0.15) is 5.15 Å². The summed E-state index contributed by atoms with van der Waals surface area (Å²) in [6, 6.07) is 3.35. The molecule has 0 aromatic carbocycles. The summed E-state index contributed by atoms with van der Waals surface area (Å²) in [6.45, 7) is 1.39. The number of piperidine rings is 1. The SMILES string of the molecule is NC1CCCN(C(=O)c2ccnc(Cl)c2)C1. The molecule has 0 spiro atoms. The molecule has 1 atom stereocenters. The number of hydrogen-bond donors (Lipinski definition) is 1. The van der Waals surface area contributed by atoms with Crippen LogP contribution < -0.4 is 5.73 Å². The van der Waals surface area contributed by atoms with Gasteiger partial charge in [-0.2, -0.15) is 0 Å². The van der Waals surface area contributed by atoms with E-state index in [-0.39, 0.29) is 11.9 Å². The maximum Gasteiger partial charge on any atom is 0.254 e. The van der Waals surface area contributed by atoms with E-state index in [9.17, 15) is 4.79 Å².